The molecule has 0 saturated carbocycles. The Kier molecular flexibility index (Phi) is 3.61. The molecule has 1 N–H and O–H groups in total. The average Bonchev–Trinajstić information content (AvgIpc) is 2.47. The van der Waals surface area contributed by atoms with Crippen LogP contribution in [-0.2, 0) is 5.75 Å². The minimum Gasteiger partial charge on any atom is -0.357 e. The van der Waals surface area contributed by atoms with Crippen molar-refractivity contribution in [1.82, 2.24) is 4.98 Å². The van der Waals surface area contributed by atoms with Gasteiger partial charge in [0.1, 0.15) is 0 Å². The second-order valence-electron chi connectivity index (χ2n) is 4.81. The van der Waals surface area contributed by atoms with Gasteiger partial charge in [-0.2, -0.15) is 0 Å². The van der Waals surface area contributed by atoms with Gasteiger partial charge in [0.15, 0.2) is 5.43 Å². The van der Waals surface area contributed by atoms with Crippen LogP contribution in [0.4, 0.5) is 0 Å². The molecule has 0 fully saturated rings. The van der Waals surface area contributed by atoms with Gasteiger partial charge in [-0.15, -0.1) is 11.8 Å². The van der Waals surface area contributed by atoms with E-state index in [1.807, 2.05) is 43.3 Å². The van der Waals surface area contributed by atoms with Crippen LogP contribution < -0.4 is 5.43 Å². The van der Waals surface area contributed by atoms with Crippen LogP contribution in [0.25, 0.3) is 10.9 Å². The number of aromatic amines is 1. The largest absolute Gasteiger partial charge is 0.357 e. The van der Waals surface area contributed by atoms with Gasteiger partial charge in [0.2, 0.25) is 0 Å². The lowest BCUT2D eigenvalue weighted by atomic mass is 10.1. The monoisotopic (exact) mass is 281 g/mol. The molecule has 0 atom stereocenters. The molecular formula is C17H15NOS. The molecule has 2 aromatic carbocycles. The van der Waals surface area contributed by atoms with Crippen LogP contribution >= 0.6 is 11.8 Å². The maximum absolute atomic E-state index is 12.1. The normalized spacial score (nSPS) is 10.8. The van der Waals surface area contributed by atoms with Crippen LogP contribution in [-0.4, -0.2) is 4.98 Å². The van der Waals surface area contributed by atoms with Gasteiger partial charge in [0.25, 0.3) is 0 Å². The van der Waals surface area contributed by atoms with Crippen LogP contribution in [0, 0.1) is 6.92 Å². The van der Waals surface area contributed by atoms with Crippen molar-refractivity contribution >= 4 is 22.7 Å². The lowest BCUT2D eigenvalue weighted by molar-refractivity contribution is 1.21. The zero-order chi connectivity index (χ0) is 13.9. The predicted octanol–water partition coefficient (Wildman–Crippen LogP) is 4.13. The quantitative estimate of drug-likeness (QED) is 0.732. The molecule has 0 radical (unpaired) electrons. The molecule has 0 aliphatic carbocycles. The number of nitrogens with one attached hydrogen (secondary N) is 1. The van der Waals surface area contributed by atoms with Crippen LogP contribution in [0.1, 0.15) is 11.3 Å². The topological polar surface area (TPSA) is 32.9 Å². The van der Waals surface area contributed by atoms with Crippen LogP contribution in [0.15, 0.2) is 64.3 Å². The van der Waals surface area contributed by atoms with E-state index in [1.165, 1.54) is 4.90 Å². The Morgan fingerprint density at radius 2 is 1.85 bits per heavy atom. The Balaban J connectivity index is 1.89. The standard InChI is InChI=1S/C17H15NOS/c1-12-7-8-16-15(9-12)17(19)10-13(18-16)11-20-14-5-3-2-4-6-14/h2-10H,11H2,1H3,(H,18,19). The third-order valence-electron chi connectivity index (χ3n) is 3.18. The summed E-state index contributed by atoms with van der Waals surface area (Å²) in [4.78, 5) is 16.7. The van der Waals surface area contributed by atoms with Gasteiger partial charge in [-0.05, 0) is 31.2 Å². The fourth-order valence-corrected chi connectivity index (χ4v) is 3.00. The van der Waals surface area contributed by atoms with Crippen molar-refractivity contribution in [1.29, 1.82) is 0 Å². The summed E-state index contributed by atoms with van der Waals surface area (Å²) >= 11 is 1.72. The number of benzene rings is 2. The Labute approximate surface area is 121 Å². The maximum atomic E-state index is 12.1. The van der Waals surface area contributed by atoms with Gasteiger partial charge in [-0.1, -0.05) is 29.8 Å². The van der Waals surface area contributed by atoms with Crippen molar-refractivity contribution in [2.45, 2.75) is 17.6 Å². The Bertz CT molecular complexity index is 793. The molecule has 20 heavy (non-hydrogen) atoms. The molecule has 2 nitrogen and oxygen atoms in total. The first-order valence-corrected chi connectivity index (χ1v) is 7.51. The highest BCUT2D eigenvalue weighted by Crippen LogP contribution is 2.21. The zero-order valence-electron chi connectivity index (χ0n) is 11.2. The molecule has 0 amide bonds. The molecule has 0 aliphatic rings. The average molecular weight is 281 g/mol. The molecular weight excluding hydrogens is 266 g/mol. The predicted molar refractivity (Wildman–Crippen MR) is 85.3 cm³/mol. The van der Waals surface area contributed by atoms with E-state index in [4.69, 9.17) is 0 Å². The van der Waals surface area contributed by atoms with Crippen molar-refractivity contribution < 1.29 is 0 Å². The summed E-state index contributed by atoms with van der Waals surface area (Å²) in [6.07, 6.45) is 0. The van der Waals surface area contributed by atoms with Gasteiger partial charge in [0, 0.05) is 33.3 Å². The lowest BCUT2D eigenvalue weighted by Crippen LogP contribution is -2.04. The second kappa shape index (κ2) is 5.55. The van der Waals surface area contributed by atoms with Crippen molar-refractivity contribution in [3.8, 4) is 0 Å². The number of rotatable bonds is 3. The molecule has 0 saturated heterocycles. The first kappa shape index (κ1) is 13.0. The molecule has 1 aromatic heterocycles. The number of hydrogen-bond donors (Lipinski definition) is 1. The summed E-state index contributed by atoms with van der Waals surface area (Å²) in [5, 5.41) is 0.762. The van der Waals surface area contributed by atoms with Crippen molar-refractivity contribution in [3.63, 3.8) is 0 Å². The van der Waals surface area contributed by atoms with E-state index in [1.54, 1.807) is 17.8 Å². The van der Waals surface area contributed by atoms with Gasteiger partial charge in [-0.3, -0.25) is 4.79 Å². The highest BCUT2D eigenvalue weighted by atomic mass is 32.2. The zero-order valence-corrected chi connectivity index (χ0v) is 12.0. The molecule has 3 rings (SSSR count). The van der Waals surface area contributed by atoms with E-state index in [2.05, 4.69) is 17.1 Å². The summed E-state index contributed by atoms with van der Waals surface area (Å²) in [6.45, 7) is 2.00. The molecule has 1 heterocycles. The van der Waals surface area contributed by atoms with E-state index in [9.17, 15) is 4.79 Å². The Hall–Kier alpha value is -2.00. The summed E-state index contributed by atoms with van der Waals surface area (Å²) in [5.74, 6) is 0.767. The number of aromatic nitrogens is 1. The lowest BCUT2D eigenvalue weighted by Gasteiger charge is -2.05. The fraction of sp³-hybridized carbons (Fsp3) is 0.118. The molecule has 0 bridgehead atoms. The Morgan fingerprint density at radius 3 is 2.65 bits per heavy atom. The number of fused-ring (bicyclic) bond motifs is 1. The molecule has 0 aliphatic heterocycles. The van der Waals surface area contributed by atoms with Gasteiger partial charge < -0.3 is 4.98 Å². The van der Waals surface area contributed by atoms with Gasteiger partial charge >= 0.3 is 0 Å². The highest BCUT2D eigenvalue weighted by molar-refractivity contribution is 7.98. The van der Waals surface area contributed by atoms with Crippen molar-refractivity contribution in [3.05, 3.63) is 76.1 Å². The fourth-order valence-electron chi connectivity index (χ4n) is 2.17. The Morgan fingerprint density at radius 1 is 1.05 bits per heavy atom. The molecule has 0 unspecified atom stereocenters. The first-order valence-electron chi connectivity index (χ1n) is 6.53. The molecule has 0 spiro atoms. The number of H-pyrrole nitrogens is 1. The maximum Gasteiger partial charge on any atom is 0.189 e. The number of aryl methyl sites for hydroxylation is 1. The summed E-state index contributed by atoms with van der Waals surface area (Å²) in [5.41, 5.74) is 3.06. The molecule has 100 valence electrons. The van der Waals surface area contributed by atoms with Gasteiger partial charge in [0.05, 0.1) is 0 Å². The van der Waals surface area contributed by atoms with Gasteiger partial charge in [-0.25, -0.2) is 0 Å². The summed E-state index contributed by atoms with van der Waals surface area (Å²) in [6, 6.07) is 17.8. The SMILES string of the molecule is Cc1ccc2[nH]c(CSc3ccccc3)cc(=O)c2c1. The summed E-state index contributed by atoms with van der Waals surface area (Å²) in [7, 11) is 0. The van der Waals surface area contributed by atoms with E-state index in [0.29, 0.717) is 0 Å². The third kappa shape index (κ3) is 2.78. The van der Waals surface area contributed by atoms with E-state index in [0.717, 1.165) is 27.9 Å². The van der Waals surface area contributed by atoms with E-state index in [-0.39, 0.29) is 5.43 Å². The third-order valence-corrected chi connectivity index (χ3v) is 4.24. The highest BCUT2D eigenvalue weighted by Gasteiger charge is 2.03. The van der Waals surface area contributed by atoms with Crippen molar-refractivity contribution in [2.24, 2.45) is 0 Å². The minimum atomic E-state index is 0.0890. The van der Waals surface area contributed by atoms with Crippen LogP contribution in [0.5, 0.6) is 0 Å². The number of hydrogen-bond acceptors (Lipinski definition) is 2. The second-order valence-corrected chi connectivity index (χ2v) is 5.86. The summed E-state index contributed by atoms with van der Waals surface area (Å²) < 4.78 is 0. The van der Waals surface area contributed by atoms with E-state index >= 15 is 0 Å². The number of pyridine rings is 1. The number of thioether (sulfide) groups is 1. The molecule has 3 aromatic rings. The molecule has 3 heteroatoms. The van der Waals surface area contributed by atoms with E-state index < -0.39 is 0 Å². The van der Waals surface area contributed by atoms with Crippen LogP contribution in [0.3, 0.4) is 0 Å². The van der Waals surface area contributed by atoms with Crippen molar-refractivity contribution in [2.75, 3.05) is 0 Å². The minimum absolute atomic E-state index is 0.0890. The first-order chi connectivity index (χ1) is 9.72. The van der Waals surface area contributed by atoms with Crippen LogP contribution in [0.2, 0.25) is 0 Å². The smallest absolute Gasteiger partial charge is 0.189 e.